The predicted molar refractivity (Wildman–Crippen MR) is 125 cm³/mol. The Balaban J connectivity index is 1.34. The van der Waals surface area contributed by atoms with E-state index in [1.807, 2.05) is 30.3 Å². The molecule has 1 N–H and O–H groups in total. The Kier molecular flexibility index (Phi) is 6.67. The average molecular weight is 406 g/mol. The molecule has 29 heavy (non-hydrogen) atoms. The molecule has 2 aliphatic rings. The molecule has 0 bridgehead atoms. The van der Waals surface area contributed by atoms with Crippen LogP contribution in [0, 0.1) is 0 Å². The summed E-state index contributed by atoms with van der Waals surface area (Å²) >= 11 is 1.74. The van der Waals surface area contributed by atoms with Crippen LogP contribution in [0.5, 0.6) is 0 Å². The van der Waals surface area contributed by atoms with Gasteiger partial charge >= 0.3 is 0 Å². The number of carbonyl (C=O) groups excluding carboxylic acids is 1. The monoisotopic (exact) mass is 405 g/mol. The second-order valence-corrected chi connectivity index (χ2v) is 8.51. The van der Waals surface area contributed by atoms with E-state index in [2.05, 4.69) is 39.5 Å². The van der Waals surface area contributed by atoms with Gasteiger partial charge in [-0.05, 0) is 73.7 Å². The number of nitrogens with one attached hydrogen (secondary N) is 1. The van der Waals surface area contributed by atoms with Gasteiger partial charge in [0, 0.05) is 42.3 Å². The molecule has 0 aliphatic carbocycles. The molecule has 0 radical (unpaired) electrons. The van der Waals surface area contributed by atoms with Crippen LogP contribution in [-0.4, -0.2) is 36.3 Å². The predicted octanol–water partition coefficient (Wildman–Crippen LogP) is 5.48. The quantitative estimate of drug-likeness (QED) is 0.529. The first-order valence-electron chi connectivity index (χ1n) is 10.4. The van der Waals surface area contributed by atoms with Gasteiger partial charge in [-0.3, -0.25) is 9.79 Å². The number of hydrogen-bond acceptors (Lipinski definition) is 5. The van der Waals surface area contributed by atoms with Gasteiger partial charge in [-0.15, -0.1) is 0 Å². The number of anilines is 2. The number of aliphatic imine (C=N–C) groups is 1. The van der Waals surface area contributed by atoms with E-state index in [-0.39, 0.29) is 5.78 Å². The molecule has 0 spiro atoms. The molecule has 4 rings (SSSR count). The minimum absolute atomic E-state index is 0.0149. The van der Waals surface area contributed by atoms with Gasteiger partial charge in [0.15, 0.2) is 11.0 Å². The molecular formula is C24H27N3OS. The maximum Gasteiger partial charge on any atom is 0.185 e. The molecule has 0 amide bonds. The lowest BCUT2D eigenvalue weighted by molar-refractivity contribution is 0.104. The molecule has 1 fully saturated rings. The molecular weight excluding hydrogens is 378 g/mol. The summed E-state index contributed by atoms with van der Waals surface area (Å²) in [6, 6.07) is 16.1. The fourth-order valence-electron chi connectivity index (χ4n) is 3.59. The molecule has 0 aromatic heterocycles. The Morgan fingerprint density at radius 2 is 1.72 bits per heavy atom. The Labute approximate surface area is 177 Å². The van der Waals surface area contributed by atoms with E-state index in [1.165, 1.54) is 24.9 Å². The largest absolute Gasteiger partial charge is 0.372 e. The van der Waals surface area contributed by atoms with Gasteiger partial charge in [-0.25, -0.2) is 0 Å². The van der Waals surface area contributed by atoms with E-state index in [9.17, 15) is 4.79 Å². The van der Waals surface area contributed by atoms with Crippen molar-refractivity contribution in [3.63, 3.8) is 0 Å². The van der Waals surface area contributed by atoms with Crippen LogP contribution in [0.15, 0.2) is 59.6 Å². The molecule has 150 valence electrons. The number of carbonyl (C=O) groups is 1. The smallest absolute Gasteiger partial charge is 0.185 e. The van der Waals surface area contributed by atoms with Gasteiger partial charge in [0.05, 0.1) is 0 Å². The maximum atomic E-state index is 12.5. The fourth-order valence-corrected chi connectivity index (χ4v) is 4.43. The van der Waals surface area contributed by atoms with Crippen LogP contribution < -0.4 is 10.2 Å². The molecule has 4 nitrogen and oxygen atoms in total. The molecule has 2 aromatic rings. The van der Waals surface area contributed by atoms with Crippen molar-refractivity contribution in [3.05, 3.63) is 65.7 Å². The third kappa shape index (κ3) is 5.51. The number of hydrogen-bond donors (Lipinski definition) is 1. The van der Waals surface area contributed by atoms with Crippen molar-refractivity contribution in [1.82, 2.24) is 0 Å². The van der Waals surface area contributed by atoms with Crippen molar-refractivity contribution >= 4 is 40.2 Å². The van der Waals surface area contributed by atoms with E-state index in [4.69, 9.17) is 0 Å². The second-order valence-electron chi connectivity index (χ2n) is 7.43. The molecule has 0 unspecified atom stereocenters. The molecule has 2 heterocycles. The highest BCUT2D eigenvalue weighted by atomic mass is 32.2. The van der Waals surface area contributed by atoms with Crippen molar-refractivity contribution < 1.29 is 4.79 Å². The van der Waals surface area contributed by atoms with Crippen molar-refractivity contribution in [2.45, 2.75) is 25.7 Å². The maximum absolute atomic E-state index is 12.5. The Morgan fingerprint density at radius 3 is 2.41 bits per heavy atom. The molecule has 1 saturated heterocycles. The van der Waals surface area contributed by atoms with E-state index < -0.39 is 0 Å². The summed E-state index contributed by atoms with van der Waals surface area (Å²) in [6.07, 6.45) is 8.57. The van der Waals surface area contributed by atoms with E-state index in [0.717, 1.165) is 48.2 Å². The van der Waals surface area contributed by atoms with Crippen LogP contribution in [0.25, 0.3) is 6.08 Å². The first kappa shape index (κ1) is 19.8. The van der Waals surface area contributed by atoms with Gasteiger partial charge in [0.25, 0.3) is 0 Å². The van der Waals surface area contributed by atoms with Crippen LogP contribution in [0.4, 0.5) is 11.4 Å². The zero-order chi connectivity index (χ0) is 19.9. The highest BCUT2D eigenvalue weighted by Crippen LogP contribution is 2.21. The standard InChI is InChI=1S/C24H27N3OS/c28-23(20-8-10-21(11-9-20)26-24-25-15-4-18-29-24)14-7-19-5-12-22(13-6-19)27-16-2-1-3-17-27/h5-14H,1-4,15-18H2,(H,25,26)/b14-7+. The Hall–Kier alpha value is -2.53. The lowest BCUT2D eigenvalue weighted by atomic mass is 10.1. The Bertz CT molecular complexity index is 881. The summed E-state index contributed by atoms with van der Waals surface area (Å²) in [4.78, 5) is 19.4. The van der Waals surface area contributed by atoms with Crippen LogP contribution >= 0.6 is 11.8 Å². The number of nitrogens with zero attached hydrogens (tertiary/aromatic N) is 2. The zero-order valence-corrected chi connectivity index (χ0v) is 17.5. The van der Waals surface area contributed by atoms with E-state index >= 15 is 0 Å². The van der Waals surface area contributed by atoms with E-state index in [0.29, 0.717) is 5.56 Å². The molecule has 2 aromatic carbocycles. The number of rotatable bonds is 5. The number of amidine groups is 1. The summed E-state index contributed by atoms with van der Waals surface area (Å²) < 4.78 is 0. The SMILES string of the molecule is O=C(/C=C/c1ccc(N2CCCCC2)cc1)c1ccc(NC2=NCCCS2)cc1. The van der Waals surface area contributed by atoms with Gasteiger partial charge in [0.1, 0.15) is 0 Å². The van der Waals surface area contributed by atoms with Crippen molar-refractivity contribution in [2.24, 2.45) is 4.99 Å². The third-order valence-corrected chi connectivity index (χ3v) is 6.26. The first-order chi connectivity index (χ1) is 14.3. The summed E-state index contributed by atoms with van der Waals surface area (Å²) in [6.45, 7) is 3.17. The minimum atomic E-state index is 0.0149. The second kappa shape index (κ2) is 9.79. The van der Waals surface area contributed by atoms with Crippen LogP contribution in [0.2, 0.25) is 0 Å². The van der Waals surface area contributed by atoms with Gasteiger partial charge < -0.3 is 10.2 Å². The highest BCUT2D eigenvalue weighted by molar-refractivity contribution is 8.14. The highest BCUT2D eigenvalue weighted by Gasteiger charge is 2.10. The lowest BCUT2D eigenvalue weighted by Gasteiger charge is -2.28. The normalized spacial score (nSPS) is 17.2. The number of ketones is 1. The minimum Gasteiger partial charge on any atom is -0.372 e. The van der Waals surface area contributed by atoms with Gasteiger partial charge in [-0.2, -0.15) is 0 Å². The lowest BCUT2D eigenvalue weighted by Crippen LogP contribution is -2.29. The van der Waals surface area contributed by atoms with Gasteiger partial charge in [0.2, 0.25) is 0 Å². The van der Waals surface area contributed by atoms with E-state index in [1.54, 1.807) is 17.8 Å². The third-order valence-electron chi connectivity index (χ3n) is 5.26. The Morgan fingerprint density at radius 1 is 0.966 bits per heavy atom. The number of allylic oxidation sites excluding steroid dienone is 1. The number of benzene rings is 2. The van der Waals surface area contributed by atoms with Gasteiger partial charge in [-0.1, -0.05) is 30.0 Å². The summed E-state index contributed by atoms with van der Waals surface area (Å²) in [5.41, 5.74) is 3.98. The summed E-state index contributed by atoms with van der Waals surface area (Å²) in [7, 11) is 0. The van der Waals surface area contributed by atoms with Crippen molar-refractivity contribution in [1.29, 1.82) is 0 Å². The van der Waals surface area contributed by atoms with Crippen molar-refractivity contribution in [3.8, 4) is 0 Å². The van der Waals surface area contributed by atoms with Crippen LogP contribution in [0.1, 0.15) is 41.6 Å². The topological polar surface area (TPSA) is 44.7 Å². The average Bonchev–Trinajstić information content (AvgIpc) is 2.80. The summed E-state index contributed by atoms with van der Waals surface area (Å²) in [5.74, 6) is 1.12. The van der Waals surface area contributed by atoms with Crippen LogP contribution in [-0.2, 0) is 0 Å². The first-order valence-corrected chi connectivity index (χ1v) is 11.4. The fraction of sp³-hybridized carbons (Fsp3) is 0.333. The molecule has 2 aliphatic heterocycles. The summed E-state index contributed by atoms with van der Waals surface area (Å²) in [5, 5.41) is 4.28. The molecule has 5 heteroatoms. The number of thioether (sulfide) groups is 1. The molecule has 0 atom stereocenters. The zero-order valence-electron chi connectivity index (χ0n) is 16.6. The number of piperidine rings is 1. The van der Waals surface area contributed by atoms with Crippen LogP contribution in [0.3, 0.4) is 0 Å². The van der Waals surface area contributed by atoms with Crippen molar-refractivity contribution in [2.75, 3.05) is 35.6 Å². The molecule has 0 saturated carbocycles.